The van der Waals surface area contributed by atoms with Gasteiger partial charge in [-0.2, -0.15) is 0 Å². The van der Waals surface area contributed by atoms with Gasteiger partial charge in [-0.15, -0.1) is 0 Å². The van der Waals surface area contributed by atoms with Gasteiger partial charge in [0.2, 0.25) is 0 Å². The molecule has 4 rings (SSSR count). The molecule has 0 bridgehead atoms. The SMILES string of the molecule is CCOc1ccc(N(Cc2cc3ccccc3[nH]c2=O)C(=O)c2ccncc2)cc1. The largest absolute Gasteiger partial charge is 0.494 e. The lowest BCUT2D eigenvalue weighted by atomic mass is 10.1. The van der Waals surface area contributed by atoms with Crippen LogP contribution in [0, 0.1) is 0 Å². The number of pyridine rings is 2. The molecule has 0 saturated carbocycles. The van der Waals surface area contributed by atoms with Crippen LogP contribution in [-0.4, -0.2) is 22.5 Å². The van der Waals surface area contributed by atoms with Gasteiger partial charge in [-0.05, 0) is 60.8 Å². The highest BCUT2D eigenvalue weighted by molar-refractivity contribution is 6.06. The van der Waals surface area contributed by atoms with E-state index in [-0.39, 0.29) is 18.0 Å². The lowest BCUT2D eigenvalue weighted by molar-refractivity contribution is 0.0985. The van der Waals surface area contributed by atoms with Gasteiger partial charge in [0.1, 0.15) is 5.75 Å². The zero-order valence-electron chi connectivity index (χ0n) is 16.5. The van der Waals surface area contributed by atoms with Crippen molar-refractivity contribution in [2.45, 2.75) is 13.5 Å². The first-order valence-electron chi connectivity index (χ1n) is 9.71. The van der Waals surface area contributed by atoms with Gasteiger partial charge < -0.3 is 14.6 Å². The molecule has 0 spiro atoms. The predicted octanol–water partition coefficient (Wildman–Crippen LogP) is 4.17. The van der Waals surface area contributed by atoms with Gasteiger partial charge in [-0.25, -0.2) is 0 Å². The van der Waals surface area contributed by atoms with E-state index in [9.17, 15) is 9.59 Å². The maximum Gasteiger partial charge on any atom is 0.258 e. The third-order valence-electron chi connectivity index (χ3n) is 4.79. The molecule has 0 atom stereocenters. The lowest BCUT2D eigenvalue weighted by Crippen LogP contribution is -2.32. The number of aromatic amines is 1. The molecule has 0 unspecified atom stereocenters. The quantitative estimate of drug-likeness (QED) is 0.528. The summed E-state index contributed by atoms with van der Waals surface area (Å²) in [5.41, 5.74) is 2.22. The molecular formula is C24H21N3O3. The first kappa shape index (κ1) is 19.4. The van der Waals surface area contributed by atoms with Crippen molar-refractivity contribution in [2.24, 2.45) is 0 Å². The Kier molecular flexibility index (Phi) is 5.57. The van der Waals surface area contributed by atoms with Crippen LogP contribution in [0.3, 0.4) is 0 Å². The van der Waals surface area contributed by atoms with Crippen LogP contribution in [0.5, 0.6) is 5.75 Å². The first-order chi connectivity index (χ1) is 14.7. The number of hydrogen-bond donors (Lipinski definition) is 1. The number of anilines is 1. The molecule has 4 aromatic rings. The topological polar surface area (TPSA) is 75.3 Å². The fourth-order valence-electron chi connectivity index (χ4n) is 3.30. The standard InChI is InChI=1S/C24H21N3O3/c1-2-30-21-9-7-20(8-10-21)27(24(29)17-11-13-25-14-12-17)16-19-15-18-5-3-4-6-22(18)26-23(19)28/h3-15H,2,16H2,1H3,(H,26,28). The molecule has 1 N–H and O–H groups in total. The molecule has 6 nitrogen and oxygen atoms in total. The Morgan fingerprint density at radius 1 is 1.03 bits per heavy atom. The number of amides is 1. The van der Waals surface area contributed by atoms with Crippen LogP contribution in [0.4, 0.5) is 5.69 Å². The van der Waals surface area contributed by atoms with Gasteiger partial charge in [0.15, 0.2) is 0 Å². The molecule has 0 radical (unpaired) electrons. The second kappa shape index (κ2) is 8.61. The van der Waals surface area contributed by atoms with Crippen molar-refractivity contribution in [2.75, 3.05) is 11.5 Å². The minimum Gasteiger partial charge on any atom is -0.494 e. The third-order valence-corrected chi connectivity index (χ3v) is 4.79. The van der Waals surface area contributed by atoms with Crippen molar-refractivity contribution in [1.29, 1.82) is 0 Å². The minimum absolute atomic E-state index is 0.134. The zero-order chi connectivity index (χ0) is 20.9. The molecule has 0 fully saturated rings. The number of para-hydroxylation sites is 1. The predicted molar refractivity (Wildman–Crippen MR) is 117 cm³/mol. The van der Waals surface area contributed by atoms with Gasteiger partial charge in [0.05, 0.1) is 13.2 Å². The Morgan fingerprint density at radius 2 is 1.77 bits per heavy atom. The number of ether oxygens (including phenoxy) is 1. The number of H-pyrrole nitrogens is 1. The number of benzene rings is 2. The molecule has 150 valence electrons. The monoisotopic (exact) mass is 399 g/mol. The van der Waals surface area contributed by atoms with E-state index in [1.54, 1.807) is 29.4 Å². The Hall–Kier alpha value is -3.93. The van der Waals surface area contributed by atoms with E-state index >= 15 is 0 Å². The van der Waals surface area contributed by atoms with Crippen LogP contribution in [0.2, 0.25) is 0 Å². The molecule has 2 aromatic carbocycles. The second-order valence-corrected chi connectivity index (χ2v) is 6.77. The Labute approximate surface area is 173 Å². The van der Waals surface area contributed by atoms with E-state index in [1.807, 2.05) is 61.5 Å². The van der Waals surface area contributed by atoms with Gasteiger partial charge in [-0.3, -0.25) is 14.6 Å². The first-order valence-corrected chi connectivity index (χ1v) is 9.71. The van der Waals surface area contributed by atoms with Crippen molar-refractivity contribution in [1.82, 2.24) is 9.97 Å². The average Bonchev–Trinajstić information content (AvgIpc) is 2.79. The maximum absolute atomic E-state index is 13.3. The number of carbonyl (C=O) groups is 1. The molecule has 2 heterocycles. The normalized spacial score (nSPS) is 10.7. The van der Waals surface area contributed by atoms with Crippen molar-refractivity contribution >= 4 is 22.5 Å². The van der Waals surface area contributed by atoms with Gasteiger partial charge in [0, 0.05) is 34.7 Å². The van der Waals surface area contributed by atoms with E-state index in [0.29, 0.717) is 23.4 Å². The summed E-state index contributed by atoms with van der Waals surface area (Å²) in [7, 11) is 0. The number of nitrogens with zero attached hydrogens (tertiary/aromatic N) is 2. The molecule has 0 saturated heterocycles. The van der Waals surface area contributed by atoms with E-state index in [4.69, 9.17) is 4.74 Å². The minimum atomic E-state index is -0.216. The molecular weight excluding hydrogens is 378 g/mol. The van der Waals surface area contributed by atoms with Crippen LogP contribution in [0.15, 0.2) is 83.9 Å². The highest BCUT2D eigenvalue weighted by atomic mass is 16.5. The summed E-state index contributed by atoms with van der Waals surface area (Å²) in [6.07, 6.45) is 3.15. The Balaban J connectivity index is 1.74. The fraction of sp³-hybridized carbons (Fsp3) is 0.125. The summed E-state index contributed by atoms with van der Waals surface area (Å²) in [6, 6.07) is 20.0. The molecule has 6 heteroatoms. The Morgan fingerprint density at radius 3 is 2.50 bits per heavy atom. The molecule has 0 aliphatic carbocycles. The van der Waals surface area contributed by atoms with Gasteiger partial charge >= 0.3 is 0 Å². The summed E-state index contributed by atoms with van der Waals surface area (Å²) in [5.74, 6) is 0.509. The number of carbonyl (C=O) groups excluding carboxylic acids is 1. The molecule has 2 aromatic heterocycles. The molecule has 1 amide bonds. The molecule has 0 aliphatic rings. The third kappa shape index (κ3) is 4.07. The zero-order valence-corrected chi connectivity index (χ0v) is 16.5. The molecule has 30 heavy (non-hydrogen) atoms. The number of nitrogens with one attached hydrogen (secondary N) is 1. The smallest absolute Gasteiger partial charge is 0.258 e. The lowest BCUT2D eigenvalue weighted by Gasteiger charge is -2.23. The van der Waals surface area contributed by atoms with Crippen LogP contribution in [-0.2, 0) is 6.54 Å². The van der Waals surface area contributed by atoms with Gasteiger partial charge in [-0.1, -0.05) is 18.2 Å². The summed E-state index contributed by atoms with van der Waals surface area (Å²) < 4.78 is 5.50. The maximum atomic E-state index is 13.3. The average molecular weight is 399 g/mol. The summed E-state index contributed by atoms with van der Waals surface area (Å²) >= 11 is 0. The molecule has 0 aliphatic heterocycles. The fourth-order valence-corrected chi connectivity index (χ4v) is 3.30. The number of aromatic nitrogens is 2. The van der Waals surface area contributed by atoms with Crippen molar-refractivity contribution in [3.05, 3.63) is 101 Å². The Bertz CT molecular complexity index is 1220. The summed E-state index contributed by atoms with van der Waals surface area (Å²) in [4.78, 5) is 34.4. The summed E-state index contributed by atoms with van der Waals surface area (Å²) in [6.45, 7) is 2.61. The van der Waals surface area contributed by atoms with Crippen molar-refractivity contribution in [3.63, 3.8) is 0 Å². The summed E-state index contributed by atoms with van der Waals surface area (Å²) in [5, 5.41) is 0.912. The van der Waals surface area contributed by atoms with Gasteiger partial charge in [0.25, 0.3) is 11.5 Å². The van der Waals surface area contributed by atoms with Crippen LogP contribution in [0.1, 0.15) is 22.8 Å². The number of fused-ring (bicyclic) bond motifs is 1. The van der Waals surface area contributed by atoms with E-state index in [2.05, 4.69) is 9.97 Å². The van der Waals surface area contributed by atoms with E-state index < -0.39 is 0 Å². The van der Waals surface area contributed by atoms with E-state index in [0.717, 1.165) is 16.7 Å². The van der Waals surface area contributed by atoms with Crippen LogP contribution < -0.4 is 15.2 Å². The van der Waals surface area contributed by atoms with Crippen molar-refractivity contribution < 1.29 is 9.53 Å². The van der Waals surface area contributed by atoms with Crippen LogP contribution >= 0.6 is 0 Å². The number of hydrogen-bond acceptors (Lipinski definition) is 4. The number of rotatable bonds is 6. The highest BCUT2D eigenvalue weighted by Gasteiger charge is 2.20. The van der Waals surface area contributed by atoms with E-state index in [1.165, 1.54) is 0 Å². The highest BCUT2D eigenvalue weighted by Crippen LogP contribution is 2.23. The van der Waals surface area contributed by atoms with Crippen molar-refractivity contribution in [3.8, 4) is 5.75 Å². The van der Waals surface area contributed by atoms with Crippen LogP contribution in [0.25, 0.3) is 10.9 Å². The second-order valence-electron chi connectivity index (χ2n) is 6.77.